The fraction of sp³-hybridized carbons (Fsp3) is 0.200. The molecule has 0 fully saturated rings. The van der Waals surface area contributed by atoms with Crippen LogP contribution in [0.15, 0.2) is 60.7 Å². The van der Waals surface area contributed by atoms with Gasteiger partial charge in [-0.2, -0.15) is 13.2 Å². The predicted octanol–water partition coefficient (Wildman–Crippen LogP) is 2.51. The van der Waals surface area contributed by atoms with Crippen molar-refractivity contribution in [1.29, 1.82) is 0 Å². The van der Waals surface area contributed by atoms with Crippen LogP contribution in [0.3, 0.4) is 0 Å². The highest BCUT2D eigenvalue weighted by Gasteiger charge is 2.29. The van der Waals surface area contributed by atoms with Crippen LogP contribution in [0.1, 0.15) is 16.7 Å². The second-order valence-electron chi connectivity index (χ2n) is 5.90. The first-order valence-corrected chi connectivity index (χ1v) is 8.38. The van der Waals surface area contributed by atoms with Crippen LogP contribution in [0.4, 0.5) is 13.2 Å². The molecule has 8 heteroatoms. The van der Waals surface area contributed by atoms with Gasteiger partial charge in [-0.05, 0) is 29.3 Å². The monoisotopic (exact) mass is 392 g/mol. The zero-order valence-corrected chi connectivity index (χ0v) is 14.7. The third kappa shape index (κ3) is 6.55. The molecule has 0 bridgehead atoms. The summed E-state index contributed by atoms with van der Waals surface area (Å²) in [6.45, 7) is -0.660. The van der Waals surface area contributed by atoms with Crippen molar-refractivity contribution in [3.8, 4) is 0 Å². The molecule has 3 N–H and O–H groups in total. The summed E-state index contributed by atoms with van der Waals surface area (Å²) >= 11 is 0. The van der Waals surface area contributed by atoms with E-state index >= 15 is 0 Å². The maximum absolute atomic E-state index is 12.5. The smallest absolute Gasteiger partial charge is 0.394 e. The Morgan fingerprint density at radius 3 is 2.25 bits per heavy atom. The summed E-state index contributed by atoms with van der Waals surface area (Å²) in [5, 5.41) is 14.2. The number of rotatable bonds is 7. The molecule has 148 valence electrons. The third-order valence-electron chi connectivity index (χ3n) is 3.79. The van der Waals surface area contributed by atoms with Gasteiger partial charge in [0.25, 0.3) is 0 Å². The van der Waals surface area contributed by atoms with E-state index in [4.69, 9.17) is 0 Å². The number of carbonyl (C=O) groups excluding carboxylic acids is 2. The van der Waals surface area contributed by atoms with E-state index in [0.29, 0.717) is 5.56 Å². The fourth-order valence-electron chi connectivity index (χ4n) is 2.27. The van der Waals surface area contributed by atoms with Gasteiger partial charge in [0.1, 0.15) is 6.04 Å². The molecule has 0 saturated heterocycles. The lowest BCUT2D eigenvalue weighted by atomic mass is 10.1. The first-order valence-electron chi connectivity index (χ1n) is 8.38. The van der Waals surface area contributed by atoms with Crippen LogP contribution < -0.4 is 10.6 Å². The lowest BCUT2D eigenvalue weighted by Gasteiger charge is -2.15. The van der Waals surface area contributed by atoms with Gasteiger partial charge in [0.2, 0.25) is 11.8 Å². The van der Waals surface area contributed by atoms with Crippen molar-refractivity contribution in [2.24, 2.45) is 0 Å². The van der Waals surface area contributed by atoms with Crippen molar-refractivity contribution in [3.05, 3.63) is 77.4 Å². The van der Waals surface area contributed by atoms with Crippen LogP contribution in [0.5, 0.6) is 0 Å². The van der Waals surface area contributed by atoms with Gasteiger partial charge < -0.3 is 15.7 Å². The Hall–Kier alpha value is -3.13. The molecule has 2 rings (SSSR count). The van der Waals surface area contributed by atoms with E-state index in [2.05, 4.69) is 10.6 Å². The number of carbonyl (C=O) groups is 2. The van der Waals surface area contributed by atoms with E-state index in [1.54, 1.807) is 18.2 Å². The lowest BCUT2D eigenvalue weighted by Crippen LogP contribution is -2.48. The third-order valence-corrected chi connectivity index (χ3v) is 3.79. The standard InChI is InChI=1S/C20H19F3N2O3/c21-20(22,23)16-9-6-15(7-10-16)12-24-19(28)17(13-26)25-18(27)11-8-14-4-2-1-3-5-14/h1-11,17,26H,12-13H2,(H,24,28)(H,25,27). The van der Waals surface area contributed by atoms with E-state index in [1.807, 2.05) is 18.2 Å². The normalized spacial score (nSPS) is 12.6. The number of amides is 2. The minimum atomic E-state index is -4.43. The van der Waals surface area contributed by atoms with Crippen molar-refractivity contribution in [2.45, 2.75) is 18.8 Å². The van der Waals surface area contributed by atoms with Gasteiger partial charge in [0.05, 0.1) is 12.2 Å². The van der Waals surface area contributed by atoms with Crippen LogP contribution in [0, 0.1) is 0 Å². The van der Waals surface area contributed by atoms with Crippen LogP contribution in [-0.2, 0) is 22.3 Å². The number of alkyl halides is 3. The predicted molar refractivity (Wildman–Crippen MR) is 97.8 cm³/mol. The molecule has 0 spiro atoms. The minimum absolute atomic E-state index is 0.0385. The van der Waals surface area contributed by atoms with E-state index in [9.17, 15) is 27.9 Å². The van der Waals surface area contributed by atoms with Crippen molar-refractivity contribution < 1.29 is 27.9 Å². The van der Waals surface area contributed by atoms with Crippen molar-refractivity contribution in [2.75, 3.05) is 6.61 Å². The second kappa shape index (κ2) is 9.70. The highest BCUT2D eigenvalue weighted by Crippen LogP contribution is 2.29. The molecule has 2 aromatic carbocycles. The highest BCUT2D eigenvalue weighted by atomic mass is 19.4. The van der Waals surface area contributed by atoms with Gasteiger partial charge in [-0.3, -0.25) is 9.59 Å². The summed E-state index contributed by atoms with van der Waals surface area (Å²) in [5.41, 5.74) is 0.464. The van der Waals surface area contributed by atoms with E-state index in [-0.39, 0.29) is 6.54 Å². The number of halogens is 3. The Balaban J connectivity index is 1.87. The molecular weight excluding hydrogens is 373 g/mol. The first-order chi connectivity index (χ1) is 13.3. The van der Waals surface area contributed by atoms with Crippen LogP contribution in [0.25, 0.3) is 6.08 Å². The average molecular weight is 392 g/mol. The molecule has 1 unspecified atom stereocenters. The molecule has 0 saturated carbocycles. The molecule has 1 atom stereocenters. The molecule has 2 aromatic rings. The summed E-state index contributed by atoms with van der Waals surface area (Å²) in [5.74, 6) is -1.21. The Morgan fingerprint density at radius 1 is 1.04 bits per heavy atom. The number of hydrogen-bond acceptors (Lipinski definition) is 3. The summed E-state index contributed by atoms with van der Waals surface area (Å²) < 4.78 is 37.6. The van der Waals surface area contributed by atoms with E-state index in [0.717, 1.165) is 17.7 Å². The largest absolute Gasteiger partial charge is 0.416 e. The number of hydrogen-bond donors (Lipinski definition) is 3. The van der Waals surface area contributed by atoms with Crippen molar-refractivity contribution >= 4 is 17.9 Å². The van der Waals surface area contributed by atoms with Gasteiger partial charge in [0, 0.05) is 12.6 Å². The van der Waals surface area contributed by atoms with Gasteiger partial charge in [-0.25, -0.2) is 0 Å². The molecule has 5 nitrogen and oxygen atoms in total. The molecule has 2 amide bonds. The Labute approximate surface area is 159 Å². The lowest BCUT2D eigenvalue weighted by molar-refractivity contribution is -0.137. The Bertz CT molecular complexity index is 819. The molecule has 0 aliphatic heterocycles. The van der Waals surface area contributed by atoms with Gasteiger partial charge in [-0.15, -0.1) is 0 Å². The molecule has 0 heterocycles. The summed E-state index contributed by atoms with van der Waals surface area (Å²) in [6, 6.07) is 12.2. The second-order valence-corrected chi connectivity index (χ2v) is 5.90. The summed E-state index contributed by atoms with van der Waals surface area (Å²) in [6.07, 6.45) is -1.63. The molecule has 28 heavy (non-hydrogen) atoms. The number of aliphatic hydroxyl groups is 1. The fourth-order valence-corrected chi connectivity index (χ4v) is 2.27. The maximum Gasteiger partial charge on any atom is 0.416 e. The van der Waals surface area contributed by atoms with Gasteiger partial charge in [-0.1, -0.05) is 42.5 Å². The van der Waals surface area contributed by atoms with Crippen molar-refractivity contribution in [3.63, 3.8) is 0 Å². The van der Waals surface area contributed by atoms with Crippen LogP contribution >= 0.6 is 0 Å². The topological polar surface area (TPSA) is 78.4 Å². The minimum Gasteiger partial charge on any atom is -0.394 e. The summed E-state index contributed by atoms with van der Waals surface area (Å²) in [7, 11) is 0. The summed E-state index contributed by atoms with van der Waals surface area (Å²) in [4.78, 5) is 24.0. The molecular formula is C20H19F3N2O3. The first kappa shape index (κ1) is 21.2. The SMILES string of the molecule is O=C(C=Cc1ccccc1)NC(CO)C(=O)NCc1ccc(C(F)(F)F)cc1. The Kier molecular flexibility index (Phi) is 7.34. The van der Waals surface area contributed by atoms with E-state index in [1.165, 1.54) is 18.2 Å². The van der Waals surface area contributed by atoms with Gasteiger partial charge >= 0.3 is 6.18 Å². The zero-order chi connectivity index (χ0) is 20.6. The van der Waals surface area contributed by atoms with Gasteiger partial charge in [0.15, 0.2) is 0 Å². The molecule has 0 aromatic heterocycles. The van der Waals surface area contributed by atoms with E-state index < -0.39 is 36.2 Å². The molecule has 0 radical (unpaired) electrons. The quantitative estimate of drug-likeness (QED) is 0.634. The average Bonchev–Trinajstić information content (AvgIpc) is 2.69. The van der Waals surface area contributed by atoms with Crippen LogP contribution in [0.2, 0.25) is 0 Å². The van der Waals surface area contributed by atoms with Crippen molar-refractivity contribution in [1.82, 2.24) is 10.6 Å². The molecule has 0 aliphatic rings. The number of aliphatic hydroxyl groups excluding tert-OH is 1. The number of nitrogens with one attached hydrogen (secondary N) is 2. The van der Waals surface area contributed by atoms with Crippen LogP contribution in [-0.4, -0.2) is 29.6 Å². The number of benzene rings is 2. The highest BCUT2D eigenvalue weighted by molar-refractivity contribution is 5.95. The Morgan fingerprint density at radius 2 is 1.68 bits per heavy atom. The maximum atomic E-state index is 12.5. The zero-order valence-electron chi connectivity index (χ0n) is 14.7. The molecule has 0 aliphatic carbocycles.